The highest BCUT2D eigenvalue weighted by molar-refractivity contribution is 5.66. The van der Waals surface area contributed by atoms with E-state index in [9.17, 15) is 4.79 Å². The van der Waals surface area contributed by atoms with E-state index in [0.29, 0.717) is 5.92 Å². The fourth-order valence-corrected chi connectivity index (χ4v) is 1.67. The average molecular weight is 156 g/mol. The molecule has 2 heteroatoms. The number of rotatable bonds is 1. The third-order valence-electron chi connectivity index (χ3n) is 2.35. The first-order chi connectivity index (χ1) is 5.20. The van der Waals surface area contributed by atoms with Crippen molar-refractivity contribution < 1.29 is 9.53 Å². The third-order valence-corrected chi connectivity index (χ3v) is 2.35. The van der Waals surface area contributed by atoms with E-state index < -0.39 is 0 Å². The molecule has 64 valence electrons. The highest BCUT2D eigenvalue weighted by Crippen LogP contribution is 2.26. The topological polar surface area (TPSA) is 26.3 Å². The van der Waals surface area contributed by atoms with Crippen LogP contribution in [0.25, 0.3) is 0 Å². The van der Waals surface area contributed by atoms with E-state index in [-0.39, 0.29) is 12.1 Å². The number of hydrogen-bond donors (Lipinski definition) is 0. The summed E-state index contributed by atoms with van der Waals surface area (Å²) < 4.78 is 5.16. The molecule has 2 atom stereocenters. The Morgan fingerprint density at radius 1 is 1.36 bits per heavy atom. The lowest BCUT2D eigenvalue weighted by atomic mass is 9.88. The maximum absolute atomic E-state index is 10.6. The number of ether oxygens (including phenoxy) is 1. The van der Waals surface area contributed by atoms with Crippen LogP contribution in [-0.2, 0) is 9.53 Å². The predicted molar refractivity (Wildman–Crippen MR) is 43.2 cm³/mol. The molecular weight excluding hydrogens is 140 g/mol. The number of carbonyl (C=O) groups is 1. The molecule has 0 aromatic rings. The number of hydrogen-bond acceptors (Lipinski definition) is 2. The van der Waals surface area contributed by atoms with E-state index in [1.165, 1.54) is 26.2 Å². The first-order valence-electron chi connectivity index (χ1n) is 4.37. The summed E-state index contributed by atoms with van der Waals surface area (Å²) in [4.78, 5) is 10.6. The lowest BCUT2D eigenvalue weighted by Gasteiger charge is -2.27. The van der Waals surface area contributed by atoms with Crippen LogP contribution in [0.2, 0.25) is 0 Å². The van der Waals surface area contributed by atoms with Crippen molar-refractivity contribution in [1.82, 2.24) is 0 Å². The van der Waals surface area contributed by atoms with E-state index in [1.807, 2.05) is 0 Å². The Morgan fingerprint density at radius 2 is 2.00 bits per heavy atom. The molecule has 0 heterocycles. The van der Waals surface area contributed by atoms with Crippen LogP contribution < -0.4 is 0 Å². The molecule has 1 rings (SSSR count). The van der Waals surface area contributed by atoms with Crippen LogP contribution in [0.5, 0.6) is 0 Å². The van der Waals surface area contributed by atoms with Crippen LogP contribution in [0.1, 0.15) is 39.5 Å². The fraction of sp³-hybridized carbons (Fsp3) is 0.889. The smallest absolute Gasteiger partial charge is 0.302 e. The van der Waals surface area contributed by atoms with Crippen molar-refractivity contribution in [1.29, 1.82) is 0 Å². The Bertz CT molecular complexity index is 142. The zero-order valence-electron chi connectivity index (χ0n) is 7.30. The maximum atomic E-state index is 10.6. The van der Waals surface area contributed by atoms with E-state index in [4.69, 9.17) is 4.74 Å². The summed E-state index contributed by atoms with van der Waals surface area (Å²) in [5, 5.41) is 0. The third kappa shape index (κ3) is 2.52. The standard InChI is InChI=1S/C9H16O2/c1-7-5-3-4-6-9(7)11-8(2)10/h7,9H,3-6H2,1-2H3/t7-,9?/m1/s1. The van der Waals surface area contributed by atoms with Crippen LogP contribution in [0.4, 0.5) is 0 Å². The Labute approximate surface area is 67.9 Å². The Morgan fingerprint density at radius 3 is 2.55 bits per heavy atom. The highest BCUT2D eigenvalue weighted by Gasteiger charge is 2.23. The lowest BCUT2D eigenvalue weighted by molar-refractivity contribution is -0.150. The van der Waals surface area contributed by atoms with Gasteiger partial charge in [-0.05, 0) is 25.2 Å². The SMILES string of the molecule is CC(=O)OC1CCCC[C@H]1C. The largest absolute Gasteiger partial charge is 0.462 e. The monoisotopic (exact) mass is 156 g/mol. The summed E-state index contributed by atoms with van der Waals surface area (Å²) in [5.41, 5.74) is 0. The lowest BCUT2D eigenvalue weighted by Crippen LogP contribution is -2.27. The second kappa shape index (κ2) is 3.74. The number of esters is 1. The quantitative estimate of drug-likeness (QED) is 0.543. The van der Waals surface area contributed by atoms with Crippen molar-refractivity contribution >= 4 is 5.97 Å². The van der Waals surface area contributed by atoms with Gasteiger partial charge in [-0.3, -0.25) is 4.79 Å². The molecule has 0 saturated heterocycles. The van der Waals surface area contributed by atoms with Crippen LogP contribution in [0.15, 0.2) is 0 Å². The van der Waals surface area contributed by atoms with Gasteiger partial charge in [-0.25, -0.2) is 0 Å². The summed E-state index contributed by atoms with van der Waals surface area (Å²) in [6.45, 7) is 3.65. The average Bonchev–Trinajstić information content (AvgIpc) is 1.93. The van der Waals surface area contributed by atoms with Crippen LogP contribution in [0, 0.1) is 5.92 Å². The molecule has 0 aromatic carbocycles. The molecule has 0 spiro atoms. The summed E-state index contributed by atoms with van der Waals surface area (Å²) in [5.74, 6) is 0.427. The molecule has 11 heavy (non-hydrogen) atoms. The Balaban J connectivity index is 2.35. The van der Waals surface area contributed by atoms with Crippen molar-refractivity contribution in [3.05, 3.63) is 0 Å². The molecule has 1 saturated carbocycles. The highest BCUT2D eigenvalue weighted by atomic mass is 16.5. The molecule has 0 N–H and O–H groups in total. The van der Waals surface area contributed by atoms with Crippen LogP contribution in [0.3, 0.4) is 0 Å². The van der Waals surface area contributed by atoms with Crippen LogP contribution in [-0.4, -0.2) is 12.1 Å². The molecule has 0 amide bonds. The molecule has 0 bridgehead atoms. The van der Waals surface area contributed by atoms with Gasteiger partial charge in [0.25, 0.3) is 0 Å². The van der Waals surface area contributed by atoms with Crippen molar-refractivity contribution in [2.45, 2.75) is 45.6 Å². The minimum atomic E-state index is -0.135. The molecule has 1 fully saturated rings. The second-order valence-electron chi connectivity index (χ2n) is 3.41. The van der Waals surface area contributed by atoms with E-state index in [2.05, 4.69) is 6.92 Å². The first-order valence-corrected chi connectivity index (χ1v) is 4.37. The van der Waals surface area contributed by atoms with Gasteiger partial charge in [-0.1, -0.05) is 13.3 Å². The fourth-order valence-electron chi connectivity index (χ4n) is 1.67. The van der Waals surface area contributed by atoms with E-state index in [1.54, 1.807) is 0 Å². The molecule has 0 aromatic heterocycles. The van der Waals surface area contributed by atoms with E-state index >= 15 is 0 Å². The van der Waals surface area contributed by atoms with Gasteiger partial charge in [0.1, 0.15) is 6.10 Å². The van der Waals surface area contributed by atoms with Crippen molar-refractivity contribution in [3.63, 3.8) is 0 Å². The van der Waals surface area contributed by atoms with Gasteiger partial charge < -0.3 is 4.74 Å². The van der Waals surface area contributed by atoms with Gasteiger partial charge >= 0.3 is 5.97 Å². The molecule has 1 aliphatic rings. The van der Waals surface area contributed by atoms with Gasteiger partial charge in [0, 0.05) is 6.92 Å². The first kappa shape index (κ1) is 8.57. The Kier molecular flexibility index (Phi) is 2.92. The minimum Gasteiger partial charge on any atom is -0.462 e. The minimum absolute atomic E-state index is 0.135. The summed E-state index contributed by atoms with van der Waals surface area (Å²) in [7, 11) is 0. The molecule has 1 unspecified atom stereocenters. The molecule has 0 aliphatic heterocycles. The van der Waals surface area contributed by atoms with Crippen LogP contribution >= 0.6 is 0 Å². The zero-order chi connectivity index (χ0) is 8.27. The Hall–Kier alpha value is -0.530. The molecular formula is C9H16O2. The molecule has 1 aliphatic carbocycles. The normalized spacial score (nSPS) is 31.5. The van der Waals surface area contributed by atoms with Crippen molar-refractivity contribution in [3.8, 4) is 0 Å². The van der Waals surface area contributed by atoms with Gasteiger partial charge in [0.05, 0.1) is 0 Å². The van der Waals surface area contributed by atoms with Gasteiger partial charge in [-0.2, -0.15) is 0 Å². The number of carbonyl (C=O) groups excluding carboxylic acids is 1. The van der Waals surface area contributed by atoms with Gasteiger partial charge in [0.15, 0.2) is 0 Å². The molecule has 0 radical (unpaired) electrons. The molecule has 2 nitrogen and oxygen atoms in total. The summed E-state index contributed by atoms with van der Waals surface area (Å²) in [6, 6.07) is 0. The second-order valence-corrected chi connectivity index (χ2v) is 3.41. The zero-order valence-corrected chi connectivity index (χ0v) is 7.30. The maximum Gasteiger partial charge on any atom is 0.302 e. The van der Waals surface area contributed by atoms with Gasteiger partial charge in [0.2, 0.25) is 0 Å². The summed E-state index contributed by atoms with van der Waals surface area (Å²) >= 11 is 0. The van der Waals surface area contributed by atoms with Crippen molar-refractivity contribution in [2.24, 2.45) is 5.92 Å². The van der Waals surface area contributed by atoms with Gasteiger partial charge in [-0.15, -0.1) is 0 Å². The van der Waals surface area contributed by atoms with Crippen molar-refractivity contribution in [2.75, 3.05) is 0 Å². The van der Waals surface area contributed by atoms with E-state index in [0.717, 1.165) is 6.42 Å². The predicted octanol–water partition coefficient (Wildman–Crippen LogP) is 2.13. The summed E-state index contributed by atoms with van der Waals surface area (Å²) in [6.07, 6.45) is 4.96.